The lowest BCUT2D eigenvalue weighted by Gasteiger charge is -2.16. The molecule has 3 amide bonds. The SMILES string of the molecule is CNC(=O)COC(=O)c1ccc(NC(=O)C[C@H]2SC(N3CCCC3)=NC2=O)cc1. The lowest BCUT2D eigenvalue weighted by Crippen LogP contribution is -2.25. The van der Waals surface area contributed by atoms with E-state index in [1.165, 1.54) is 30.9 Å². The Labute approximate surface area is 172 Å². The Bertz CT molecular complexity index is 834. The fourth-order valence-corrected chi connectivity index (χ4v) is 4.03. The minimum absolute atomic E-state index is 0.0280. The molecule has 0 aliphatic carbocycles. The molecule has 9 nitrogen and oxygen atoms in total. The van der Waals surface area contributed by atoms with Gasteiger partial charge in [0, 0.05) is 32.2 Å². The van der Waals surface area contributed by atoms with Gasteiger partial charge in [-0.05, 0) is 37.1 Å². The molecule has 1 aromatic carbocycles. The first-order chi connectivity index (χ1) is 14.0. The lowest BCUT2D eigenvalue weighted by molar-refractivity contribution is -0.123. The first-order valence-corrected chi connectivity index (χ1v) is 10.2. The molecule has 0 radical (unpaired) electrons. The van der Waals surface area contributed by atoms with Crippen LogP contribution in [0.3, 0.4) is 0 Å². The number of benzene rings is 1. The number of nitrogens with one attached hydrogen (secondary N) is 2. The molecule has 0 unspecified atom stereocenters. The molecular weight excluding hydrogens is 396 g/mol. The van der Waals surface area contributed by atoms with Crippen LogP contribution in [0.1, 0.15) is 29.6 Å². The van der Waals surface area contributed by atoms with E-state index in [4.69, 9.17) is 4.74 Å². The molecule has 1 atom stereocenters. The normalized spacial score (nSPS) is 18.4. The predicted octanol–water partition coefficient (Wildman–Crippen LogP) is 1.01. The minimum Gasteiger partial charge on any atom is -0.452 e. The molecule has 2 heterocycles. The molecule has 0 spiro atoms. The predicted molar refractivity (Wildman–Crippen MR) is 109 cm³/mol. The topological polar surface area (TPSA) is 117 Å². The average Bonchev–Trinajstić information content (AvgIpc) is 3.36. The van der Waals surface area contributed by atoms with Gasteiger partial charge in [0.15, 0.2) is 11.8 Å². The summed E-state index contributed by atoms with van der Waals surface area (Å²) in [6.07, 6.45) is 2.21. The summed E-state index contributed by atoms with van der Waals surface area (Å²) in [6.45, 7) is 1.44. The summed E-state index contributed by atoms with van der Waals surface area (Å²) in [7, 11) is 1.45. The van der Waals surface area contributed by atoms with Crippen LogP contribution in [-0.4, -0.2) is 65.8 Å². The molecule has 0 aromatic heterocycles. The van der Waals surface area contributed by atoms with Crippen LogP contribution in [0.4, 0.5) is 5.69 Å². The summed E-state index contributed by atoms with van der Waals surface area (Å²) in [5, 5.41) is 5.27. The second kappa shape index (κ2) is 9.55. The molecule has 2 aliphatic heterocycles. The van der Waals surface area contributed by atoms with Crippen molar-refractivity contribution in [1.29, 1.82) is 0 Å². The number of carbonyl (C=O) groups excluding carboxylic acids is 4. The summed E-state index contributed by atoms with van der Waals surface area (Å²) >= 11 is 1.34. The Hall–Kier alpha value is -2.88. The van der Waals surface area contributed by atoms with Crippen molar-refractivity contribution in [2.75, 3.05) is 32.1 Å². The third kappa shape index (κ3) is 5.57. The van der Waals surface area contributed by atoms with Crippen LogP contribution in [0.5, 0.6) is 0 Å². The fraction of sp³-hybridized carbons (Fsp3) is 0.421. The zero-order chi connectivity index (χ0) is 20.8. The molecule has 3 rings (SSSR count). The van der Waals surface area contributed by atoms with Crippen LogP contribution in [0.15, 0.2) is 29.3 Å². The monoisotopic (exact) mass is 418 g/mol. The minimum atomic E-state index is -0.633. The van der Waals surface area contributed by atoms with Gasteiger partial charge in [-0.2, -0.15) is 4.99 Å². The van der Waals surface area contributed by atoms with Crippen LogP contribution >= 0.6 is 11.8 Å². The number of hydrogen-bond acceptors (Lipinski definition) is 7. The highest BCUT2D eigenvalue weighted by Crippen LogP contribution is 2.29. The molecule has 1 fully saturated rings. The van der Waals surface area contributed by atoms with E-state index in [0.717, 1.165) is 25.9 Å². The molecule has 1 aromatic rings. The molecule has 2 aliphatic rings. The fourth-order valence-electron chi connectivity index (χ4n) is 2.91. The number of nitrogens with zero attached hydrogens (tertiary/aromatic N) is 2. The second-order valence-electron chi connectivity index (χ2n) is 6.61. The van der Waals surface area contributed by atoms with Crippen molar-refractivity contribution in [2.24, 2.45) is 4.99 Å². The smallest absolute Gasteiger partial charge is 0.338 e. The summed E-state index contributed by atoms with van der Waals surface area (Å²) in [4.78, 5) is 53.5. The van der Waals surface area contributed by atoms with Crippen molar-refractivity contribution in [3.8, 4) is 0 Å². The van der Waals surface area contributed by atoms with Gasteiger partial charge in [-0.15, -0.1) is 0 Å². The van der Waals surface area contributed by atoms with Crippen molar-refractivity contribution in [3.63, 3.8) is 0 Å². The van der Waals surface area contributed by atoms with Crippen LogP contribution in [-0.2, 0) is 19.1 Å². The zero-order valence-corrected chi connectivity index (χ0v) is 16.8. The highest BCUT2D eigenvalue weighted by Gasteiger charge is 2.33. The summed E-state index contributed by atoms with van der Waals surface area (Å²) in [6, 6.07) is 6.10. The van der Waals surface area contributed by atoms with Gasteiger partial charge in [0.05, 0.1) is 5.56 Å². The average molecular weight is 418 g/mol. The zero-order valence-electron chi connectivity index (χ0n) is 16.0. The highest BCUT2D eigenvalue weighted by molar-refractivity contribution is 8.15. The number of thioether (sulfide) groups is 1. The maximum atomic E-state index is 12.3. The molecule has 0 saturated carbocycles. The number of likely N-dealkylation sites (tertiary alicyclic amines) is 1. The molecule has 2 N–H and O–H groups in total. The van der Waals surface area contributed by atoms with E-state index >= 15 is 0 Å². The van der Waals surface area contributed by atoms with Gasteiger partial charge in [0.2, 0.25) is 5.91 Å². The van der Waals surface area contributed by atoms with Gasteiger partial charge in [-0.25, -0.2) is 4.79 Å². The maximum Gasteiger partial charge on any atom is 0.338 e. The summed E-state index contributed by atoms with van der Waals surface area (Å²) in [5.41, 5.74) is 0.756. The van der Waals surface area contributed by atoms with E-state index in [2.05, 4.69) is 20.5 Å². The van der Waals surface area contributed by atoms with Gasteiger partial charge in [-0.1, -0.05) is 11.8 Å². The number of hydrogen-bond donors (Lipinski definition) is 2. The molecule has 0 bridgehead atoms. The number of rotatable bonds is 6. The summed E-state index contributed by atoms with van der Waals surface area (Å²) < 4.78 is 4.86. The van der Waals surface area contributed by atoms with Crippen molar-refractivity contribution in [3.05, 3.63) is 29.8 Å². The summed E-state index contributed by atoms with van der Waals surface area (Å²) in [5.74, 6) is -1.62. The van der Waals surface area contributed by atoms with Gasteiger partial charge >= 0.3 is 5.97 Å². The molecule has 10 heteroatoms. The number of aliphatic imine (C=N–C) groups is 1. The van der Waals surface area contributed by atoms with E-state index < -0.39 is 17.1 Å². The van der Waals surface area contributed by atoms with Crippen LogP contribution < -0.4 is 10.6 Å². The number of anilines is 1. The molecule has 1 saturated heterocycles. The number of amidine groups is 1. The molecule has 29 heavy (non-hydrogen) atoms. The van der Waals surface area contributed by atoms with E-state index in [9.17, 15) is 19.2 Å². The third-order valence-electron chi connectivity index (χ3n) is 4.49. The Morgan fingerprint density at radius 1 is 1.17 bits per heavy atom. The van der Waals surface area contributed by atoms with E-state index in [1.54, 1.807) is 12.1 Å². The molecule has 154 valence electrons. The van der Waals surface area contributed by atoms with E-state index in [1.807, 2.05) is 0 Å². The number of likely N-dealkylation sites (N-methyl/N-ethyl adjacent to an activating group) is 1. The molecular formula is C19H22N4O5S. The van der Waals surface area contributed by atoms with Gasteiger partial charge in [-0.3, -0.25) is 14.4 Å². The third-order valence-corrected chi connectivity index (χ3v) is 5.71. The van der Waals surface area contributed by atoms with Crippen molar-refractivity contribution in [1.82, 2.24) is 10.2 Å². The first-order valence-electron chi connectivity index (χ1n) is 9.28. The Balaban J connectivity index is 1.48. The Kier molecular flexibility index (Phi) is 6.86. The number of amides is 3. The quantitative estimate of drug-likeness (QED) is 0.662. The second-order valence-corrected chi connectivity index (χ2v) is 7.78. The van der Waals surface area contributed by atoms with Crippen molar-refractivity contribution >= 4 is 46.3 Å². The standard InChI is InChI=1S/C19H22N4O5S/c1-20-16(25)11-28-18(27)12-4-6-13(7-5-12)21-15(24)10-14-17(26)22-19(29-14)23-8-2-3-9-23/h4-7,14H,2-3,8-11H2,1H3,(H,20,25)(H,21,24)/t14-/m1/s1. The van der Waals surface area contributed by atoms with Crippen LogP contribution in [0, 0.1) is 0 Å². The van der Waals surface area contributed by atoms with Crippen molar-refractivity contribution in [2.45, 2.75) is 24.5 Å². The van der Waals surface area contributed by atoms with Gasteiger partial charge in [0.1, 0.15) is 5.25 Å². The van der Waals surface area contributed by atoms with Crippen LogP contribution in [0.2, 0.25) is 0 Å². The highest BCUT2D eigenvalue weighted by atomic mass is 32.2. The number of esters is 1. The van der Waals surface area contributed by atoms with E-state index in [0.29, 0.717) is 10.9 Å². The number of carbonyl (C=O) groups is 4. The van der Waals surface area contributed by atoms with Crippen molar-refractivity contribution < 1.29 is 23.9 Å². The van der Waals surface area contributed by atoms with E-state index in [-0.39, 0.29) is 30.4 Å². The van der Waals surface area contributed by atoms with Gasteiger partial charge in [0.25, 0.3) is 11.8 Å². The lowest BCUT2D eigenvalue weighted by atomic mass is 10.2. The van der Waals surface area contributed by atoms with Gasteiger partial charge < -0.3 is 20.3 Å². The van der Waals surface area contributed by atoms with Crippen LogP contribution in [0.25, 0.3) is 0 Å². The Morgan fingerprint density at radius 3 is 2.52 bits per heavy atom. The Morgan fingerprint density at radius 2 is 1.86 bits per heavy atom. The largest absolute Gasteiger partial charge is 0.452 e. The first kappa shape index (κ1) is 20.8. The number of ether oxygens (including phenoxy) is 1. The maximum absolute atomic E-state index is 12.3.